The smallest absolute Gasteiger partial charge is 0.252 e. The molecule has 27 heavy (non-hydrogen) atoms. The van der Waals surface area contributed by atoms with Crippen LogP contribution < -0.4 is 10.6 Å². The number of benzene rings is 2. The molecule has 1 aliphatic heterocycles. The third kappa shape index (κ3) is 4.67. The maximum Gasteiger partial charge on any atom is 0.252 e. The van der Waals surface area contributed by atoms with E-state index in [1.807, 2.05) is 12.1 Å². The highest BCUT2D eigenvalue weighted by Gasteiger charge is 2.30. The fraction of sp³-hybridized carbons (Fsp3) is 0.333. The Balaban J connectivity index is 1.50. The van der Waals surface area contributed by atoms with Gasteiger partial charge in [0.2, 0.25) is 5.91 Å². The van der Waals surface area contributed by atoms with Gasteiger partial charge in [-0.25, -0.2) is 0 Å². The lowest BCUT2D eigenvalue weighted by Crippen LogP contribution is -2.51. The van der Waals surface area contributed by atoms with Gasteiger partial charge in [0.05, 0.1) is 16.6 Å². The lowest BCUT2D eigenvalue weighted by molar-refractivity contribution is -0.126. The van der Waals surface area contributed by atoms with Gasteiger partial charge in [0.25, 0.3) is 5.91 Å². The number of nitrogens with one attached hydrogen (secondary N) is 2. The highest BCUT2D eigenvalue weighted by atomic mass is 35.5. The van der Waals surface area contributed by atoms with Crippen molar-refractivity contribution in [1.29, 1.82) is 0 Å². The van der Waals surface area contributed by atoms with Crippen molar-refractivity contribution < 1.29 is 9.59 Å². The predicted octanol–water partition coefficient (Wildman–Crippen LogP) is 2.63. The Bertz CT molecular complexity index is 825. The fourth-order valence-corrected chi connectivity index (χ4v) is 3.61. The van der Waals surface area contributed by atoms with Crippen molar-refractivity contribution in [3.05, 3.63) is 70.2 Å². The number of rotatable bonds is 6. The summed E-state index contributed by atoms with van der Waals surface area (Å²) in [6.45, 7) is 4.40. The molecule has 0 saturated carbocycles. The second kappa shape index (κ2) is 9.02. The Hall–Kier alpha value is -2.37. The molecule has 2 aromatic carbocycles. The second-order valence-corrected chi connectivity index (χ2v) is 6.99. The zero-order chi connectivity index (χ0) is 19.2. The molecule has 1 atom stereocenters. The van der Waals surface area contributed by atoms with Gasteiger partial charge < -0.3 is 10.6 Å². The van der Waals surface area contributed by atoms with Gasteiger partial charge in [-0.3, -0.25) is 14.5 Å². The van der Waals surface area contributed by atoms with E-state index in [1.54, 1.807) is 24.3 Å². The molecule has 1 heterocycles. The van der Waals surface area contributed by atoms with Crippen LogP contribution in [0, 0.1) is 0 Å². The monoisotopic (exact) mass is 385 g/mol. The van der Waals surface area contributed by atoms with Crippen LogP contribution in [0.25, 0.3) is 0 Å². The largest absolute Gasteiger partial charge is 0.353 e. The zero-order valence-electron chi connectivity index (χ0n) is 15.4. The number of amides is 2. The van der Waals surface area contributed by atoms with E-state index in [2.05, 4.69) is 34.6 Å². The molecule has 2 aromatic rings. The molecule has 2 amide bonds. The third-order valence-electron chi connectivity index (χ3n) is 4.88. The SMILES string of the molecule is CCN1Cc2ccccc2CC1C(=O)NCCNC(=O)c1ccccc1Cl. The molecule has 1 aliphatic rings. The topological polar surface area (TPSA) is 61.4 Å². The number of likely N-dealkylation sites (N-methyl/N-ethyl adjacent to an activating group) is 1. The summed E-state index contributed by atoms with van der Waals surface area (Å²) in [7, 11) is 0. The molecule has 6 heteroatoms. The van der Waals surface area contributed by atoms with Gasteiger partial charge in [-0.2, -0.15) is 0 Å². The molecule has 0 saturated heterocycles. The average Bonchev–Trinajstić information content (AvgIpc) is 2.70. The van der Waals surface area contributed by atoms with Crippen LogP contribution in [0.1, 0.15) is 28.4 Å². The number of hydrogen-bond acceptors (Lipinski definition) is 3. The van der Waals surface area contributed by atoms with E-state index >= 15 is 0 Å². The zero-order valence-corrected chi connectivity index (χ0v) is 16.1. The molecular formula is C21H24ClN3O2. The summed E-state index contributed by atoms with van der Waals surface area (Å²) in [5, 5.41) is 6.14. The predicted molar refractivity (Wildman–Crippen MR) is 107 cm³/mol. The fourth-order valence-electron chi connectivity index (χ4n) is 3.39. The molecule has 0 spiro atoms. The van der Waals surface area contributed by atoms with Gasteiger partial charge in [-0.05, 0) is 36.2 Å². The van der Waals surface area contributed by atoms with E-state index in [1.165, 1.54) is 11.1 Å². The van der Waals surface area contributed by atoms with Gasteiger partial charge in [-0.15, -0.1) is 0 Å². The van der Waals surface area contributed by atoms with Gasteiger partial charge in [0.15, 0.2) is 0 Å². The Kier molecular flexibility index (Phi) is 6.48. The van der Waals surface area contributed by atoms with Gasteiger partial charge in [0.1, 0.15) is 0 Å². The van der Waals surface area contributed by atoms with Gasteiger partial charge in [0, 0.05) is 19.6 Å². The molecule has 142 valence electrons. The van der Waals surface area contributed by atoms with Crippen LogP contribution in [0.15, 0.2) is 48.5 Å². The van der Waals surface area contributed by atoms with Crippen LogP contribution >= 0.6 is 11.6 Å². The van der Waals surface area contributed by atoms with E-state index in [9.17, 15) is 9.59 Å². The minimum absolute atomic E-state index is 0.00153. The molecule has 3 rings (SSSR count). The van der Waals surface area contributed by atoms with Gasteiger partial charge in [-0.1, -0.05) is 54.9 Å². The molecule has 0 aromatic heterocycles. The van der Waals surface area contributed by atoms with Crippen molar-refractivity contribution in [1.82, 2.24) is 15.5 Å². The summed E-state index contributed by atoms with van der Waals surface area (Å²) in [5.74, 6) is -0.241. The third-order valence-corrected chi connectivity index (χ3v) is 5.21. The first-order chi connectivity index (χ1) is 13.1. The van der Waals surface area contributed by atoms with E-state index in [0.717, 1.165) is 13.1 Å². The van der Waals surface area contributed by atoms with Crippen molar-refractivity contribution >= 4 is 23.4 Å². The summed E-state index contributed by atoms with van der Waals surface area (Å²) in [5.41, 5.74) is 2.95. The maximum absolute atomic E-state index is 12.7. The van der Waals surface area contributed by atoms with E-state index in [-0.39, 0.29) is 17.9 Å². The maximum atomic E-state index is 12.7. The normalized spacial score (nSPS) is 16.4. The van der Waals surface area contributed by atoms with Crippen molar-refractivity contribution in [3.8, 4) is 0 Å². The summed E-state index contributed by atoms with van der Waals surface area (Å²) in [6, 6.07) is 15.0. The minimum atomic E-state index is -0.239. The number of halogens is 1. The van der Waals surface area contributed by atoms with Crippen LogP contribution in [-0.4, -0.2) is 42.4 Å². The van der Waals surface area contributed by atoms with E-state index < -0.39 is 0 Å². The average molecular weight is 386 g/mol. The first kappa shape index (κ1) is 19.4. The minimum Gasteiger partial charge on any atom is -0.353 e. The summed E-state index contributed by atoms with van der Waals surface area (Å²) in [6.07, 6.45) is 0.710. The number of carbonyl (C=O) groups excluding carboxylic acids is 2. The molecular weight excluding hydrogens is 362 g/mol. The number of fused-ring (bicyclic) bond motifs is 1. The lowest BCUT2D eigenvalue weighted by atomic mass is 9.93. The first-order valence-corrected chi connectivity index (χ1v) is 9.59. The van der Waals surface area contributed by atoms with Crippen LogP contribution in [0.4, 0.5) is 0 Å². The Morgan fingerprint density at radius 3 is 2.44 bits per heavy atom. The lowest BCUT2D eigenvalue weighted by Gasteiger charge is -2.35. The van der Waals surface area contributed by atoms with Crippen molar-refractivity contribution in [2.45, 2.75) is 25.9 Å². The second-order valence-electron chi connectivity index (χ2n) is 6.58. The van der Waals surface area contributed by atoms with E-state index in [0.29, 0.717) is 30.1 Å². The van der Waals surface area contributed by atoms with Crippen molar-refractivity contribution in [2.75, 3.05) is 19.6 Å². The van der Waals surface area contributed by atoms with E-state index in [4.69, 9.17) is 11.6 Å². The molecule has 0 radical (unpaired) electrons. The Labute approximate surface area is 164 Å². The van der Waals surface area contributed by atoms with Gasteiger partial charge >= 0.3 is 0 Å². The van der Waals surface area contributed by atoms with Crippen molar-refractivity contribution in [3.63, 3.8) is 0 Å². The molecule has 0 fully saturated rings. The quantitative estimate of drug-likeness (QED) is 0.751. The Morgan fingerprint density at radius 2 is 1.70 bits per heavy atom. The molecule has 0 aliphatic carbocycles. The van der Waals surface area contributed by atoms with Crippen molar-refractivity contribution in [2.24, 2.45) is 0 Å². The summed E-state index contributed by atoms with van der Waals surface area (Å²) in [4.78, 5) is 27.0. The number of carbonyl (C=O) groups is 2. The van der Waals surface area contributed by atoms with Crippen LogP contribution in [0.2, 0.25) is 5.02 Å². The Morgan fingerprint density at radius 1 is 1.04 bits per heavy atom. The summed E-state index contributed by atoms with van der Waals surface area (Å²) < 4.78 is 0. The standard InChI is InChI=1S/C21H24ClN3O2/c1-2-25-14-16-8-4-3-7-15(16)13-19(25)21(27)24-12-11-23-20(26)17-9-5-6-10-18(17)22/h3-10,19H,2,11-14H2,1H3,(H,23,26)(H,24,27). The highest BCUT2D eigenvalue weighted by Crippen LogP contribution is 2.23. The molecule has 5 nitrogen and oxygen atoms in total. The number of nitrogens with zero attached hydrogens (tertiary/aromatic N) is 1. The van der Waals surface area contributed by atoms with Crippen LogP contribution in [0.3, 0.4) is 0 Å². The van der Waals surface area contributed by atoms with Crippen LogP contribution in [-0.2, 0) is 17.8 Å². The van der Waals surface area contributed by atoms with Crippen LogP contribution in [0.5, 0.6) is 0 Å². The molecule has 0 bridgehead atoms. The first-order valence-electron chi connectivity index (χ1n) is 9.21. The highest BCUT2D eigenvalue weighted by molar-refractivity contribution is 6.33. The molecule has 2 N–H and O–H groups in total. The number of hydrogen-bond donors (Lipinski definition) is 2. The summed E-state index contributed by atoms with van der Waals surface area (Å²) >= 11 is 6.02. The molecule has 1 unspecified atom stereocenters.